The number of halogens is 1. The standard InChI is InChI=1S/C24H20BrNO4/c1-29-18-14-12-16(13-15-18)20-22(30-19-10-6-3-7-11-19)24(28)26(20)23(25)21(27)17-8-4-2-5-9-17/h2-15,20,22-23H,1H3/t20-,22+,23?/m1/s1. The summed E-state index contributed by atoms with van der Waals surface area (Å²) in [6.07, 6.45) is -0.718. The summed E-state index contributed by atoms with van der Waals surface area (Å²) >= 11 is 3.45. The summed E-state index contributed by atoms with van der Waals surface area (Å²) in [5.74, 6) is 0.896. The maximum absolute atomic E-state index is 13.0. The highest BCUT2D eigenvalue weighted by atomic mass is 79.9. The van der Waals surface area contributed by atoms with Gasteiger partial charge in [0.25, 0.3) is 5.91 Å². The SMILES string of the molecule is COc1ccc([C@@H]2[C@H](Oc3ccccc3)C(=O)N2C(Br)C(=O)c2ccccc2)cc1. The molecule has 0 spiro atoms. The summed E-state index contributed by atoms with van der Waals surface area (Å²) in [5.41, 5.74) is 1.40. The van der Waals surface area contributed by atoms with Crippen LogP contribution >= 0.6 is 15.9 Å². The molecular weight excluding hydrogens is 446 g/mol. The summed E-state index contributed by atoms with van der Waals surface area (Å²) in [5, 5.41) is 0. The molecule has 30 heavy (non-hydrogen) atoms. The minimum atomic E-state index is -0.796. The third-order valence-electron chi connectivity index (χ3n) is 5.07. The van der Waals surface area contributed by atoms with Gasteiger partial charge in [-0.05, 0) is 29.8 Å². The molecule has 0 aliphatic carbocycles. The molecule has 1 saturated heterocycles. The van der Waals surface area contributed by atoms with Gasteiger partial charge in [-0.1, -0.05) is 76.6 Å². The van der Waals surface area contributed by atoms with Gasteiger partial charge in [0.15, 0.2) is 10.7 Å². The molecule has 0 N–H and O–H groups in total. The molecule has 0 radical (unpaired) electrons. The van der Waals surface area contributed by atoms with E-state index in [0.29, 0.717) is 17.1 Å². The van der Waals surface area contributed by atoms with E-state index in [4.69, 9.17) is 9.47 Å². The molecule has 0 bridgehead atoms. The summed E-state index contributed by atoms with van der Waals surface area (Å²) < 4.78 is 11.2. The Hall–Kier alpha value is -3.12. The zero-order valence-electron chi connectivity index (χ0n) is 16.3. The fourth-order valence-electron chi connectivity index (χ4n) is 3.50. The molecule has 152 valence electrons. The molecule has 3 aromatic rings. The molecule has 0 saturated carbocycles. The third kappa shape index (κ3) is 3.83. The van der Waals surface area contributed by atoms with Crippen LogP contribution in [0.3, 0.4) is 0 Å². The number of carbonyl (C=O) groups excluding carboxylic acids is 2. The Bertz CT molecular complexity index is 1020. The Kier molecular flexibility index (Phi) is 5.86. The van der Waals surface area contributed by atoms with Gasteiger partial charge in [-0.25, -0.2) is 0 Å². The summed E-state index contributed by atoms with van der Waals surface area (Å²) in [6, 6.07) is 25.1. The second-order valence-corrected chi connectivity index (χ2v) is 7.75. The van der Waals surface area contributed by atoms with Crippen molar-refractivity contribution >= 4 is 27.6 Å². The first-order valence-electron chi connectivity index (χ1n) is 9.51. The number of hydrogen-bond donors (Lipinski definition) is 0. The molecule has 3 aromatic carbocycles. The number of hydrogen-bond acceptors (Lipinski definition) is 4. The van der Waals surface area contributed by atoms with Gasteiger partial charge < -0.3 is 14.4 Å². The number of amides is 1. The van der Waals surface area contributed by atoms with Crippen molar-refractivity contribution in [1.82, 2.24) is 4.90 Å². The molecule has 1 unspecified atom stereocenters. The number of β-lactam (4-membered cyclic amide) rings is 1. The minimum absolute atomic E-state index is 0.180. The molecule has 5 nitrogen and oxygen atoms in total. The zero-order valence-corrected chi connectivity index (χ0v) is 17.9. The van der Waals surface area contributed by atoms with Gasteiger partial charge in [-0.3, -0.25) is 9.59 Å². The van der Waals surface area contributed by atoms with Gasteiger partial charge in [0.2, 0.25) is 6.10 Å². The van der Waals surface area contributed by atoms with Crippen molar-refractivity contribution in [3.8, 4) is 11.5 Å². The Morgan fingerprint density at radius 3 is 2.10 bits per heavy atom. The van der Waals surface area contributed by atoms with E-state index < -0.39 is 17.1 Å². The molecule has 1 aliphatic rings. The van der Waals surface area contributed by atoms with Crippen LogP contribution in [-0.2, 0) is 4.79 Å². The third-order valence-corrected chi connectivity index (χ3v) is 5.92. The Morgan fingerprint density at radius 2 is 1.50 bits per heavy atom. The first-order chi connectivity index (χ1) is 14.6. The van der Waals surface area contributed by atoms with Gasteiger partial charge in [-0.2, -0.15) is 0 Å². The summed E-state index contributed by atoms with van der Waals surface area (Å²) in [7, 11) is 1.60. The van der Waals surface area contributed by atoms with Crippen LogP contribution < -0.4 is 9.47 Å². The van der Waals surface area contributed by atoms with Crippen molar-refractivity contribution in [2.24, 2.45) is 0 Å². The van der Waals surface area contributed by atoms with Crippen LogP contribution in [0.15, 0.2) is 84.9 Å². The average molecular weight is 466 g/mol. The van der Waals surface area contributed by atoms with Gasteiger partial charge >= 0.3 is 0 Å². The number of carbonyl (C=O) groups is 2. The van der Waals surface area contributed by atoms with Crippen LogP contribution in [0, 0.1) is 0 Å². The van der Waals surface area contributed by atoms with E-state index in [9.17, 15) is 9.59 Å². The highest BCUT2D eigenvalue weighted by Gasteiger charge is 2.54. The number of nitrogens with zero attached hydrogens (tertiary/aromatic N) is 1. The molecular formula is C24H20BrNO4. The van der Waals surface area contributed by atoms with Crippen molar-refractivity contribution in [1.29, 1.82) is 0 Å². The minimum Gasteiger partial charge on any atom is -0.497 e. The maximum Gasteiger partial charge on any atom is 0.268 e. The number of likely N-dealkylation sites (tertiary alicyclic amines) is 1. The number of ether oxygens (including phenoxy) is 2. The number of methoxy groups -OCH3 is 1. The van der Waals surface area contributed by atoms with Gasteiger partial charge in [0, 0.05) is 5.56 Å². The highest BCUT2D eigenvalue weighted by Crippen LogP contribution is 2.41. The summed E-state index contributed by atoms with van der Waals surface area (Å²) in [6.45, 7) is 0. The Balaban J connectivity index is 1.64. The van der Waals surface area contributed by atoms with E-state index in [0.717, 1.165) is 5.56 Å². The zero-order chi connectivity index (χ0) is 21.1. The van der Waals surface area contributed by atoms with E-state index in [1.807, 2.05) is 60.7 Å². The van der Waals surface area contributed by atoms with E-state index in [1.54, 1.807) is 31.4 Å². The number of benzene rings is 3. The molecule has 6 heteroatoms. The maximum atomic E-state index is 13.0. The van der Waals surface area contributed by atoms with Crippen LogP contribution in [0.1, 0.15) is 22.0 Å². The van der Waals surface area contributed by atoms with Crippen molar-refractivity contribution < 1.29 is 19.1 Å². The normalized spacial score (nSPS) is 19.0. The number of rotatable bonds is 7. The van der Waals surface area contributed by atoms with Crippen molar-refractivity contribution in [3.63, 3.8) is 0 Å². The quantitative estimate of drug-likeness (QED) is 0.221. The first kappa shape index (κ1) is 20.2. The van der Waals surface area contributed by atoms with Crippen LogP contribution in [0.2, 0.25) is 0 Å². The Morgan fingerprint density at radius 1 is 0.900 bits per heavy atom. The molecule has 1 amide bonds. The number of ketones is 1. The molecule has 1 fully saturated rings. The van der Waals surface area contributed by atoms with Crippen molar-refractivity contribution in [2.75, 3.05) is 7.11 Å². The van der Waals surface area contributed by atoms with Gasteiger partial charge in [-0.15, -0.1) is 0 Å². The molecule has 3 atom stereocenters. The number of Topliss-reactive ketones (excluding diaryl/α,β-unsaturated/α-hetero) is 1. The second kappa shape index (κ2) is 8.71. The van der Waals surface area contributed by atoms with E-state index in [2.05, 4.69) is 15.9 Å². The fraction of sp³-hybridized carbons (Fsp3) is 0.167. The second-order valence-electron chi connectivity index (χ2n) is 6.88. The summed E-state index contributed by atoms with van der Waals surface area (Å²) in [4.78, 5) is 26.7. The molecule has 4 rings (SSSR count). The number of alkyl halides is 1. The van der Waals surface area contributed by atoms with E-state index in [1.165, 1.54) is 4.90 Å². The number of para-hydroxylation sites is 1. The lowest BCUT2D eigenvalue weighted by molar-refractivity contribution is -0.163. The monoisotopic (exact) mass is 465 g/mol. The van der Waals surface area contributed by atoms with Crippen LogP contribution in [0.5, 0.6) is 11.5 Å². The lowest BCUT2D eigenvalue weighted by Gasteiger charge is -2.48. The lowest BCUT2D eigenvalue weighted by Crippen LogP contribution is -2.64. The van der Waals surface area contributed by atoms with Gasteiger partial charge in [0.05, 0.1) is 7.11 Å². The molecule has 0 aromatic heterocycles. The van der Waals surface area contributed by atoms with Crippen LogP contribution in [0.25, 0.3) is 0 Å². The smallest absolute Gasteiger partial charge is 0.268 e. The lowest BCUT2D eigenvalue weighted by atomic mass is 9.89. The van der Waals surface area contributed by atoms with Gasteiger partial charge in [0.1, 0.15) is 17.5 Å². The average Bonchev–Trinajstić information content (AvgIpc) is 2.81. The van der Waals surface area contributed by atoms with Crippen LogP contribution in [0.4, 0.5) is 0 Å². The topological polar surface area (TPSA) is 55.8 Å². The highest BCUT2D eigenvalue weighted by molar-refractivity contribution is 9.10. The fourth-order valence-corrected chi connectivity index (χ4v) is 4.22. The molecule has 1 heterocycles. The Labute approximate surface area is 183 Å². The van der Waals surface area contributed by atoms with Crippen molar-refractivity contribution in [3.05, 3.63) is 96.1 Å². The first-order valence-corrected chi connectivity index (χ1v) is 10.4. The largest absolute Gasteiger partial charge is 0.497 e. The predicted molar refractivity (Wildman–Crippen MR) is 117 cm³/mol. The van der Waals surface area contributed by atoms with Crippen molar-refractivity contribution in [2.45, 2.75) is 17.1 Å². The molecule has 1 aliphatic heterocycles. The van der Waals surface area contributed by atoms with E-state index >= 15 is 0 Å². The predicted octanol–water partition coefficient (Wildman–Crippen LogP) is 4.63. The van der Waals surface area contributed by atoms with Crippen LogP contribution in [-0.4, -0.2) is 34.8 Å². The van der Waals surface area contributed by atoms with E-state index in [-0.39, 0.29) is 11.7 Å².